The van der Waals surface area contributed by atoms with E-state index in [1.165, 1.54) is 44.9 Å². The van der Waals surface area contributed by atoms with Crippen LogP contribution in [-0.4, -0.2) is 6.61 Å². The molecule has 1 aromatic rings. The Kier molecular flexibility index (Phi) is 9.86. The molecular formula is C32H46F2O. The molecule has 35 heavy (non-hydrogen) atoms. The van der Waals surface area contributed by atoms with Gasteiger partial charge < -0.3 is 4.74 Å². The quantitative estimate of drug-likeness (QED) is 0.300. The summed E-state index contributed by atoms with van der Waals surface area (Å²) in [6, 6.07) is 3.42. The van der Waals surface area contributed by atoms with Gasteiger partial charge in [-0.05, 0) is 105 Å². The highest BCUT2D eigenvalue weighted by atomic mass is 19.2. The van der Waals surface area contributed by atoms with E-state index in [1.54, 1.807) is 12.1 Å². The molecule has 2 fully saturated rings. The molecule has 2 saturated carbocycles. The van der Waals surface area contributed by atoms with E-state index in [4.69, 9.17) is 4.74 Å². The molecule has 0 saturated heterocycles. The molecule has 4 rings (SSSR count). The Hall–Kier alpha value is -1.64. The van der Waals surface area contributed by atoms with Gasteiger partial charge in [0.05, 0.1) is 6.61 Å². The molecule has 2 unspecified atom stereocenters. The Morgan fingerprint density at radius 3 is 2.23 bits per heavy atom. The molecule has 194 valence electrons. The lowest BCUT2D eigenvalue weighted by molar-refractivity contribution is 0.191. The lowest BCUT2D eigenvalue weighted by Crippen LogP contribution is -2.24. The number of allylic oxidation sites excluding steroid dienone is 2. The van der Waals surface area contributed by atoms with Crippen molar-refractivity contribution in [3.63, 3.8) is 0 Å². The summed E-state index contributed by atoms with van der Waals surface area (Å²) in [5, 5.41) is 0. The van der Waals surface area contributed by atoms with Gasteiger partial charge in [0.25, 0.3) is 0 Å². The van der Waals surface area contributed by atoms with Crippen molar-refractivity contribution in [1.82, 2.24) is 0 Å². The zero-order valence-corrected chi connectivity index (χ0v) is 21.8. The fraction of sp³-hybridized carbons (Fsp3) is 0.688. The van der Waals surface area contributed by atoms with Crippen LogP contribution in [0.1, 0.15) is 108 Å². The lowest BCUT2D eigenvalue weighted by Gasteiger charge is -2.35. The van der Waals surface area contributed by atoms with E-state index in [9.17, 15) is 8.78 Å². The fourth-order valence-corrected chi connectivity index (χ4v) is 7.03. The van der Waals surface area contributed by atoms with Gasteiger partial charge in [0.1, 0.15) is 0 Å². The summed E-state index contributed by atoms with van der Waals surface area (Å²) in [7, 11) is 0. The smallest absolute Gasteiger partial charge is 0.200 e. The van der Waals surface area contributed by atoms with Gasteiger partial charge in [-0.3, -0.25) is 0 Å². The number of hydrogen-bond donors (Lipinski definition) is 0. The van der Waals surface area contributed by atoms with Crippen molar-refractivity contribution in [2.24, 2.45) is 29.6 Å². The number of halogens is 2. The van der Waals surface area contributed by atoms with Crippen molar-refractivity contribution in [3.05, 3.63) is 54.1 Å². The van der Waals surface area contributed by atoms with Crippen LogP contribution < -0.4 is 4.74 Å². The molecular weight excluding hydrogens is 438 g/mol. The van der Waals surface area contributed by atoms with E-state index in [1.807, 2.05) is 6.08 Å². The normalized spacial score (nSPS) is 31.3. The van der Waals surface area contributed by atoms with Gasteiger partial charge in [-0.2, -0.15) is 4.39 Å². The van der Waals surface area contributed by atoms with Crippen molar-refractivity contribution < 1.29 is 13.5 Å². The van der Waals surface area contributed by atoms with E-state index < -0.39 is 11.6 Å². The molecule has 0 aliphatic heterocycles. The van der Waals surface area contributed by atoms with Crippen LogP contribution >= 0.6 is 0 Å². The van der Waals surface area contributed by atoms with Crippen molar-refractivity contribution in [2.75, 3.05) is 6.61 Å². The van der Waals surface area contributed by atoms with Crippen LogP contribution in [0.5, 0.6) is 5.75 Å². The van der Waals surface area contributed by atoms with E-state index in [0.29, 0.717) is 24.0 Å². The molecule has 0 aromatic heterocycles. The molecule has 2 atom stereocenters. The number of hydrogen-bond acceptors (Lipinski definition) is 1. The SMILES string of the molecule is C=CCCC1CCC(c2ccc(OCC3C=CC(C4CCC(CCC)CC4)CC3)c(F)c2F)CC1. The third-order valence-corrected chi connectivity index (χ3v) is 9.29. The van der Waals surface area contributed by atoms with Crippen LogP contribution in [0.25, 0.3) is 0 Å². The standard InChI is InChI=1S/C32H46F2O/c1-3-5-7-24-10-18-28(19-11-24)29-20-21-30(32(34)31(29)33)35-22-25-12-16-27(17-13-25)26-14-8-23(6-4-2)9-15-26/h3,12,16,20-21,23-28H,1,4-11,13-15,17-19,22H2,2H3. The van der Waals surface area contributed by atoms with Crippen LogP contribution in [-0.2, 0) is 0 Å². The average Bonchev–Trinajstić information content (AvgIpc) is 2.90. The van der Waals surface area contributed by atoms with E-state index in [0.717, 1.165) is 56.8 Å². The highest BCUT2D eigenvalue weighted by Gasteiger charge is 2.29. The van der Waals surface area contributed by atoms with Crippen molar-refractivity contribution in [1.29, 1.82) is 0 Å². The first kappa shape index (κ1) is 26.4. The molecule has 0 bridgehead atoms. The van der Waals surface area contributed by atoms with E-state index >= 15 is 0 Å². The fourth-order valence-electron chi connectivity index (χ4n) is 7.03. The Bertz CT molecular complexity index is 830. The molecule has 0 heterocycles. The van der Waals surface area contributed by atoms with Gasteiger partial charge in [0.15, 0.2) is 11.6 Å². The van der Waals surface area contributed by atoms with Gasteiger partial charge in [-0.15, -0.1) is 6.58 Å². The topological polar surface area (TPSA) is 9.23 Å². The van der Waals surface area contributed by atoms with E-state index in [2.05, 4.69) is 25.7 Å². The minimum Gasteiger partial charge on any atom is -0.490 e. The maximum Gasteiger partial charge on any atom is 0.200 e. The number of benzene rings is 1. The first-order valence-electron chi connectivity index (χ1n) is 14.5. The average molecular weight is 485 g/mol. The number of ether oxygens (including phenoxy) is 1. The minimum atomic E-state index is -0.808. The van der Waals surface area contributed by atoms with Crippen molar-refractivity contribution >= 4 is 0 Å². The Morgan fingerprint density at radius 1 is 0.857 bits per heavy atom. The monoisotopic (exact) mass is 484 g/mol. The predicted molar refractivity (Wildman–Crippen MR) is 142 cm³/mol. The summed E-state index contributed by atoms with van der Waals surface area (Å²) in [5.74, 6) is 2.13. The summed E-state index contributed by atoms with van der Waals surface area (Å²) in [6.07, 6.45) is 23.4. The number of rotatable bonds is 10. The molecule has 3 aliphatic rings. The Balaban J connectivity index is 1.25. The molecule has 3 aliphatic carbocycles. The van der Waals surface area contributed by atoms with Crippen LogP contribution in [0, 0.1) is 41.2 Å². The molecule has 1 nitrogen and oxygen atoms in total. The van der Waals surface area contributed by atoms with Gasteiger partial charge >= 0.3 is 0 Å². The van der Waals surface area contributed by atoms with E-state index in [-0.39, 0.29) is 17.6 Å². The Labute approximate surface area is 212 Å². The van der Waals surface area contributed by atoms with Gasteiger partial charge in [0.2, 0.25) is 5.82 Å². The lowest BCUT2D eigenvalue weighted by atomic mass is 9.71. The van der Waals surface area contributed by atoms with Gasteiger partial charge in [-0.25, -0.2) is 4.39 Å². The molecule has 0 amide bonds. The molecule has 0 radical (unpaired) electrons. The zero-order valence-electron chi connectivity index (χ0n) is 21.8. The second-order valence-corrected chi connectivity index (χ2v) is 11.6. The third kappa shape index (κ3) is 6.98. The Morgan fingerprint density at radius 2 is 1.57 bits per heavy atom. The first-order valence-corrected chi connectivity index (χ1v) is 14.5. The van der Waals surface area contributed by atoms with Crippen LogP contribution in [0.4, 0.5) is 8.78 Å². The first-order chi connectivity index (χ1) is 17.1. The van der Waals surface area contributed by atoms with Crippen LogP contribution in [0.2, 0.25) is 0 Å². The highest BCUT2D eigenvalue weighted by Crippen LogP contribution is 2.41. The highest BCUT2D eigenvalue weighted by molar-refractivity contribution is 5.33. The van der Waals surface area contributed by atoms with Crippen LogP contribution in [0.3, 0.4) is 0 Å². The minimum absolute atomic E-state index is 0.0655. The largest absolute Gasteiger partial charge is 0.490 e. The molecule has 1 aromatic carbocycles. The second kappa shape index (κ2) is 13.1. The van der Waals surface area contributed by atoms with Gasteiger partial charge in [0, 0.05) is 5.92 Å². The second-order valence-electron chi connectivity index (χ2n) is 11.6. The maximum absolute atomic E-state index is 15.0. The summed E-state index contributed by atoms with van der Waals surface area (Å²) in [4.78, 5) is 0. The summed E-state index contributed by atoms with van der Waals surface area (Å²) in [5.41, 5.74) is 0.533. The van der Waals surface area contributed by atoms with Crippen LogP contribution in [0.15, 0.2) is 36.9 Å². The summed E-state index contributed by atoms with van der Waals surface area (Å²) in [6.45, 7) is 6.53. The van der Waals surface area contributed by atoms with Crippen molar-refractivity contribution in [3.8, 4) is 5.75 Å². The van der Waals surface area contributed by atoms with Gasteiger partial charge in [-0.1, -0.05) is 56.9 Å². The zero-order chi connectivity index (χ0) is 24.6. The molecule has 0 N–H and O–H groups in total. The maximum atomic E-state index is 15.0. The molecule has 0 spiro atoms. The third-order valence-electron chi connectivity index (χ3n) is 9.29. The van der Waals surface area contributed by atoms with Crippen molar-refractivity contribution in [2.45, 2.75) is 103 Å². The molecule has 3 heteroatoms. The summed E-state index contributed by atoms with van der Waals surface area (Å²) >= 11 is 0. The summed E-state index contributed by atoms with van der Waals surface area (Å²) < 4.78 is 35.6. The predicted octanol–water partition coefficient (Wildman–Crippen LogP) is 9.77.